The molecule has 21 heavy (non-hydrogen) atoms. The molecule has 1 N–H and O–H groups in total. The number of benzene rings is 2. The summed E-state index contributed by atoms with van der Waals surface area (Å²) in [5, 5.41) is 22.7. The Kier molecular flexibility index (Phi) is 4.36. The second-order valence-electron chi connectivity index (χ2n) is 4.34. The van der Waals surface area contributed by atoms with Crippen molar-refractivity contribution in [2.75, 3.05) is 12.4 Å². The van der Waals surface area contributed by atoms with Crippen molar-refractivity contribution < 1.29 is 9.66 Å². The highest BCUT2D eigenvalue weighted by atomic mass is 16.6. The maximum Gasteiger partial charge on any atom is 0.275 e. The van der Waals surface area contributed by atoms with E-state index in [1.54, 1.807) is 18.2 Å². The van der Waals surface area contributed by atoms with E-state index in [0.717, 1.165) is 5.56 Å². The quantitative estimate of drug-likeness (QED) is 0.673. The first-order chi connectivity index (χ1) is 10.1. The minimum atomic E-state index is -0.463. The number of nitro benzene ring substituents is 1. The molecule has 2 aromatic carbocycles. The molecule has 106 valence electrons. The van der Waals surface area contributed by atoms with Crippen LogP contribution in [0.25, 0.3) is 0 Å². The van der Waals surface area contributed by atoms with E-state index in [-0.39, 0.29) is 5.69 Å². The van der Waals surface area contributed by atoms with Crippen LogP contribution in [0, 0.1) is 21.4 Å². The van der Waals surface area contributed by atoms with Crippen LogP contribution in [0.1, 0.15) is 11.1 Å². The summed E-state index contributed by atoms with van der Waals surface area (Å²) in [4.78, 5) is 10.4. The van der Waals surface area contributed by atoms with E-state index < -0.39 is 4.92 Å². The van der Waals surface area contributed by atoms with Crippen molar-refractivity contribution in [3.05, 3.63) is 63.7 Å². The summed E-state index contributed by atoms with van der Waals surface area (Å²) >= 11 is 0. The van der Waals surface area contributed by atoms with Crippen LogP contribution in [-0.4, -0.2) is 12.0 Å². The Balaban J connectivity index is 2.13. The SMILES string of the molecule is COc1cc(NCc2ccc(C#N)cc2)cc([N+](=O)[O-])c1. The van der Waals surface area contributed by atoms with Crippen LogP contribution in [-0.2, 0) is 6.54 Å². The fraction of sp³-hybridized carbons (Fsp3) is 0.133. The van der Waals surface area contributed by atoms with Crippen molar-refractivity contribution >= 4 is 11.4 Å². The first kappa shape index (κ1) is 14.3. The molecule has 0 saturated heterocycles. The van der Waals surface area contributed by atoms with E-state index >= 15 is 0 Å². The molecule has 0 amide bonds. The molecule has 6 nitrogen and oxygen atoms in total. The second-order valence-corrected chi connectivity index (χ2v) is 4.34. The number of hydrogen-bond donors (Lipinski definition) is 1. The van der Waals surface area contributed by atoms with Gasteiger partial charge in [-0.2, -0.15) is 5.26 Å². The van der Waals surface area contributed by atoms with Crippen molar-refractivity contribution in [1.29, 1.82) is 5.26 Å². The van der Waals surface area contributed by atoms with Gasteiger partial charge in [-0.25, -0.2) is 0 Å². The zero-order valence-electron chi connectivity index (χ0n) is 11.4. The standard InChI is InChI=1S/C15H13N3O3/c1-21-15-7-13(6-14(8-15)18(19)20)17-10-12-4-2-11(9-16)3-5-12/h2-8,17H,10H2,1H3. The van der Waals surface area contributed by atoms with Gasteiger partial charge in [-0.05, 0) is 17.7 Å². The normalized spacial score (nSPS) is 9.71. The summed E-state index contributed by atoms with van der Waals surface area (Å²) in [5.41, 5.74) is 2.14. The Bertz CT molecular complexity index is 690. The fourth-order valence-corrected chi connectivity index (χ4v) is 1.81. The number of nitro groups is 1. The van der Waals surface area contributed by atoms with Crippen molar-refractivity contribution in [1.82, 2.24) is 0 Å². The van der Waals surface area contributed by atoms with Crippen LogP contribution in [0.15, 0.2) is 42.5 Å². The average molecular weight is 283 g/mol. The van der Waals surface area contributed by atoms with Gasteiger partial charge in [-0.3, -0.25) is 10.1 Å². The second kappa shape index (κ2) is 6.39. The molecular formula is C15H13N3O3. The third kappa shape index (κ3) is 3.70. The molecular weight excluding hydrogens is 270 g/mol. The number of nitrogens with zero attached hydrogens (tertiary/aromatic N) is 2. The van der Waals surface area contributed by atoms with Crippen LogP contribution in [0.5, 0.6) is 5.75 Å². The predicted molar refractivity (Wildman–Crippen MR) is 78.1 cm³/mol. The minimum Gasteiger partial charge on any atom is -0.496 e. The largest absolute Gasteiger partial charge is 0.496 e. The maximum atomic E-state index is 10.9. The topological polar surface area (TPSA) is 88.2 Å². The van der Waals surface area contributed by atoms with Gasteiger partial charge in [0.2, 0.25) is 0 Å². The number of hydrogen-bond acceptors (Lipinski definition) is 5. The molecule has 0 aliphatic rings. The van der Waals surface area contributed by atoms with Crippen LogP contribution in [0.3, 0.4) is 0 Å². The predicted octanol–water partition coefficient (Wildman–Crippen LogP) is 3.09. The van der Waals surface area contributed by atoms with Gasteiger partial charge < -0.3 is 10.1 Å². The Morgan fingerprint density at radius 3 is 2.57 bits per heavy atom. The first-order valence-electron chi connectivity index (χ1n) is 6.19. The van der Waals surface area contributed by atoms with Crippen molar-refractivity contribution in [3.8, 4) is 11.8 Å². The van der Waals surface area contributed by atoms with E-state index in [9.17, 15) is 10.1 Å². The molecule has 0 spiro atoms. The number of ether oxygens (including phenoxy) is 1. The third-order valence-electron chi connectivity index (χ3n) is 2.92. The lowest BCUT2D eigenvalue weighted by molar-refractivity contribution is -0.384. The third-order valence-corrected chi connectivity index (χ3v) is 2.92. The van der Waals surface area contributed by atoms with Crippen LogP contribution < -0.4 is 10.1 Å². The van der Waals surface area contributed by atoms with E-state index in [4.69, 9.17) is 10.00 Å². The zero-order chi connectivity index (χ0) is 15.2. The lowest BCUT2D eigenvalue weighted by Crippen LogP contribution is -2.01. The van der Waals surface area contributed by atoms with Crippen LogP contribution in [0.2, 0.25) is 0 Å². The Morgan fingerprint density at radius 1 is 1.29 bits per heavy atom. The van der Waals surface area contributed by atoms with E-state index in [2.05, 4.69) is 11.4 Å². The van der Waals surface area contributed by atoms with E-state index in [1.165, 1.54) is 19.2 Å². The Hall–Kier alpha value is -3.07. The van der Waals surface area contributed by atoms with E-state index in [1.807, 2.05) is 12.1 Å². The smallest absolute Gasteiger partial charge is 0.275 e. The number of rotatable bonds is 5. The summed E-state index contributed by atoms with van der Waals surface area (Å²) in [6.45, 7) is 0.496. The van der Waals surface area contributed by atoms with Crippen molar-refractivity contribution in [2.45, 2.75) is 6.54 Å². The van der Waals surface area contributed by atoms with Gasteiger partial charge >= 0.3 is 0 Å². The molecule has 0 heterocycles. The highest BCUT2D eigenvalue weighted by molar-refractivity contribution is 5.56. The number of non-ortho nitro benzene ring substituents is 1. The highest BCUT2D eigenvalue weighted by Crippen LogP contribution is 2.26. The molecule has 0 aromatic heterocycles. The zero-order valence-corrected chi connectivity index (χ0v) is 11.4. The Labute approximate surface area is 121 Å². The number of nitriles is 1. The van der Waals surface area contributed by atoms with E-state index in [0.29, 0.717) is 23.5 Å². The lowest BCUT2D eigenvalue weighted by Gasteiger charge is -2.08. The summed E-state index contributed by atoms with van der Waals surface area (Å²) in [5.74, 6) is 0.423. The summed E-state index contributed by atoms with van der Waals surface area (Å²) in [7, 11) is 1.46. The van der Waals surface area contributed by atoms with Gasteiger partial charge in [0, 0.05) is 24.4 Å². The van der Waals surface area contributed by atoms with Gasteiger partial charge in [0.15, 0.2) is 0 Å². The molecule has 0 bridgehead atoms. The molecule has 0 saturated carbocycles. The van der Waals surface area contributed by atoms with Crippen molar-refractivity contribution in [2.24, 2.45) is 0 Å². The average Bonchev–Trinajstić information content (AvgIpc) is 2.53. The molecule has 0 radical (unpaired) electrons. The first-order valence-corrected chi connectivity index (χ1v) is 6.19. The number of anilines is 1. The van der Waals surface area contributed by atoms with Crippen molar-refractivity contribution in [3.63, 3.8) is 0 Å². The maximum absolute atomic E-state index is 10.9. The highest BCUT2D eigenvalue weighted by Gasteiger charge is 2.10. The molecule has 0 atom stereocenters. The van der Waals surface area contributed by atoms with Gasteiger partial charge in [0.05, 0.1) is 29.7 Å². The molecule has 0 fully saturated rings. The molecule has 2 rings (SSSR count). The number of nitrogens with one attached hydrogen (secondary N) is 1. The minimum absolute atomic E-state index is 0.0309. The molecule has 2 aromatic rings. The molecule has 6 heteroatoms. The number of methoxy groups -OCH3 is 1. The van der Waals surface area contributed by atoms with Crippen LogP contribution >= 0.6 is 0 Å². The molecule has 0 aliphatic heterocycles. The summed E-state index contributed by atoms with van der Waals surface area (Å²) in [6, 6.07) is 13.7. The van der Waals surface area contributed by atoms with Crippen LogP contribution in [0.4, 0.5) is 11.4 Å². The van der Waals surface area contributed by atoms with Gasteiger partial charge in [0.25, 0.3) is 5.69 Å². The summed E-state index contributed by atoms with van der Waals surface area (Å²) in [6.07, 6.45) is 0. The Morgan fingerprint density at radius 2 is 2.00 bits per heavy atom. The summed E-state index contributed by atoms with van der Waals surface area (Å²) < 4.78 is 5.05. The molecule has 0 unspecified atom stereocenters. The van der Waals surface area contributed by atoms with Gasteiger partial charge in [-0.1, -0.05) is 12.1 Å². The van der Waals surface area contributed by atoms with Gasteiger partial charge in [0.1, 0.15) is 5.75 Å². The molecule has 0 aliphatic carbocycles. The monoisotopic (exact) mass is 283 g/mol. The van der Waals surface area contributed by atoms with Gasteiger partial charge in [-0.15, -0.1) is 0 Å². The fourth-order valence-electron chi connectivity index (χ4n) is 1.81. The lowest BCUT2D eigenvalue weighted by atomic mass is 10.1.